The van der Waals surface area contributed by atoms with Crippen LogP contribution in [-0.4, -0.2) is 16.1 Å². The van der Waals surface area contributed by atoms with E-state index in [2.05, 4.69) is 9.97 Å². The van der Waals surface area contributed by atoms with Crippen molar-refractivity contribution in [3.8, 4) is 0 Å². The average Bonchev–Trinajstić information content (AvgIpc) is 2.15. The van der Waals surface area contributed by atoms with Crippen molar-refractivity contribution in [3.05, 3.63) is 17.5 Å². The van der Waals surface area contributed by atoms with Gasteiger partial charge in [-0.25, -0.2) is 9.97 Å². The molecule has 0 aliphatic heterocycles. The van der Waals surface area contributed by atoms with Crippen LogP contribution >= 0.6 is 0 Å². The highest BCUT2D eigenvalue weighted by Crippen LogP contribution is 2.36. The van der Waals surface area contributed by atoms with E-state index in [4.69, 9.17) is 5.73 Å². The molecule has 0 saturated carbocycles. The minimum Gasteiger partial charge on any atom is -0.368 e. The largest absolute Gasteiger partial charge is 0.392 e. The lowest BCUT2D eigenvalue weighted by Crippen LogP contribution is -2.29. The summed E-state index contributed by atoms with van der Waals surface area (Å²) in [7, 11) is 0. The zero-order chi connectivity index (χ0) is 11.1. The second-order valence-electron chi connectivity index (χ2n) is 3.68. The number of hydrogen-bond acceptors (Lipinski definition) is 3. The Balaban J connectivity index is 2.24. The summed E-state index contributed by atoms with van der Waals surface area (Å²) in [5, 5.41) is 0. The third kappa shape index (κ3) is 2.03. The second kappa shape index (κ2) is 3.36. The first-order valence-corrected chi connectivity index (χ1v) is 4.64. The maximum atomic E-state index is 12.4. The molecule has 6 heteroatoms. The molecule has 1 atom stereocenters. The van der Waals surface area contributed by atoms with Crippen molar-refractivity contribution in [2.75, 3.05) is 5.73 Å². The van der Waals surface area contributed by atoms with Crippen molar-refractivity contribution < 1.29 is 13.2 Å². The zero-order valence-electron chi connectivity index (χ0n) is 7.88. The van der Waals surface area contributed by atoms with E-state index >= 15 is 0 Å². The summed E-state index contributed by atoms with van der Waals surface area (Å²) < 4.78 is 37.3. The maximum Gasteiger partial charge on any atom is 0.392 e. The van der Waals surface area contributed by atoms with Gasteiger partial charge in [0.25, 0.3) is 0 Å². The molecule has 1 aliphatic carbocycles. The molecule has 0 bridgehead atoms. The van der Waals surface area contributed by atoms with Crippen LogP contribution < -0.4 is 5.73 Å². The summed E-state index contributed by atoms with van der Waals surface area (Å²) >= 11 is 0. The summed E-state index contributed by atoms with van der Waals surface area (Å²) in [4.78, 5) is 7.64. The quantitative estimate of drug-likeness (QED) is 0.719. The van der Waals surface area contributed by atoms with Gasteiger partial charge in [0.15, 0.2) is 0 Å². The fourth-order valence-electron chi connectivity index (χ4n) is 1.80. The van der Waals surface area contributed by atoms with Crippen LogP contribution in [0.25, 0.3) is 0 Å². The van der Waals surface area contributed by atoms with Gasteiger partial charge in [0.2, 0.25) is 5.95 Å². The smallest absolute Gasteiger partial charge is 0.368 e. The van der Waals surface area contributed by atoms with Gasteiger partial charge >= 0.3 is 6.18 Å². The van der Waals surface area contributed by atoms with Gasteiger partial charge in [-0.05, 0) is 24.8 Å². The topological polar surface area (TPSA) is 51.8 Å². The lowest BCUT2D eigenvalue weighted by Gasteiger charge is -2.25. The Labute approximate surface area is 84.5 Å². The molecule has 2 N–H and O–H groups in total. The molecule has 1 aromatic heterocycles. The molecule has 1 aliphatic rings. The average molecular weight is 217 g/mol. The zero-order valence-corrected chi connectivity index (χ0v) is 7.88. The Hall–Kier alpha value is -1.33. The van der Waals surface area contributed by atoms with Crippen molar-refractivity contribution in [3.63, 3.8) is 0 Å². The first-order chi connectivity index (χ1) is 6.97. The van der Waals surface area contributed by atoms with E-state index in [1.807, 2.05) is 0 Å². The molecule has 2 rings (SSSR count). The number of anilines is 1. The number of rotatable bonds is 0. The van der Waals surface area contributed by atoms with Crippen molar-refractivity contribution in [1.29, 1.82) is 0 Å². The molecule has 0 unspecified atom stereocenters. The van der Waals surface area contributed by atoms with Crippen LogP contribution in [-0.2, 0) is 12.8 Å². The van der Waals surface area contributed by atoms with E-state index in [9.17, 15) is 13.2 Å². The molecule has 1 heterocycles. The van der Waals surface area contributed by atoms with Crippen LogP contribution in [0.3, 0.4) is 0 Å². The predicted molar refractivity (Wildman–Crippen MR) is 48.0 cm³/mol. The van der Waals surface area contributed by atoms with Crippen molar-refractivity contribution in [1.82, 2.24) is 9.97 Å². The van der Waals surface area contributed by atoms with Crippen LogP contribution in [0.2, 0.25) is 0 Å². The third-order valence-corrected chi connectivity index (χ3v) is 2.63. The van der Waals surface area contributed by atoms with Gasteiger partial charge in [-0.15, -0.1) is 0 Å². The van der Waals surface area contributed by atoms with Crippen LogP contribution in [0, 0.1) is 5.92 Å². The molecule has 0 radical (unpaired) electrons. The van der Waals surface area contributed by atoms with Gasteiger partial charge < -0.3 is 5.73 Å². The lowest BCUT2D eigenvalue weighted by molar-refractivity contribution is -0.177. The Morgan fingerprint density at radius 1 is 1.40 bits per heavy atom. The van der Waals surface area contributed by atoms with Crippen molar-refractivity contribution in [2.24, 2.45) is 5.92 Å². The van der Waals surface area contributed by atoms with Crippen molar-refractivity contribution >= 4 is 5.95 Å². The molecule has 0 aromatic carbocycles. The summed E-state index contributed by atoms with van der Waals surface area (Å²) in [6, 6.07) is 0. The number of nitrogen functional groups attached to an aromatic ring is 1. The summed E-state index contributed by atoms with van der Waals surface area (Å²) in [6.45, 7) is 0. The first-order valence-electron chi connectivity index (χ1n) is 4.64. The summed E-state index contributed by atoms with van der Waals surface area (Å²) in [5.74, 6) is -1.14. The molecule has 0 fully saturated rings. The van der Waals surface area contributed by atoms with Gasteiger partial charge in [-0.3, -0.25) is 0 Å². The SMILES string of the molecule is Nc1ncc2c(n1)CC[C@H](C(F)(F)F)C2. The molecule has 3 nitrogen and oxygen atoms in total. The fourth-order valence-corrected chi connectivity index (χ4v) is 1.80. The summed E-state index contributed by atoms with van der Waals surface area (Å²) in [5.41, 5.74) is 6.58. The number of hydrogen-bond donors (Lipinski definition) is 1. The number of aryl methyl sites for hydroxylation is 1. The standard InChI is InChI=1S/C9H10F3N3/c10-9(11,12)6-1-2-7-5(3-6)4-14-8(13)15-7/h4,6H,1-3H2,(H2,13,14,15)/t6-/m0/s1. The van der Waals surface area contributed by atoms with Crippen LogP contribution in [0.5, 0.6) is 0 Å². The third-order valence-electron chi connectivity index (χ3n) is 2.63. The maximum absolute atomic E-state index is 12.4. The molecular formula is C9H10F3N3. The van der Waals surface area contributed by atoms with Gasteiger partial charge in [0.1, 0.15) is 0 Å². The molecular weight excluding hydrogens is 207 g/mol. The Morgan fingerprint density at radius 3 is 2.80 bits per heavy atom. The summed E-state index contributed by atoms with van der Waals surface area (Å²) in [6.07, 6.45) is -2.34. The highest BCUT2D eigenvalue weighted by atomic mass is 19.4. The predicted octanol–water partition coefficient (Wildman–Crippen LogP) is 1.73. The van der Waals surface area contributed by atoms with E-state index in [1.165, 1.54) is 6.20 Å². The molecule has 1 aromatic rings. The monoisotopic (exact) mass is 217 g/mol. The van der Waals surface area contributed by atoms with E-state index in [0.29, 0.717) is 17.7 Å². The van der Waals surface area contributed by atoms with Gasteiger partial charge in [0, 0.05) is 11.9 Å². The Bertz CT molecular complexity index is 375. The van der Waals surface area contributed by atoms with Crippen LogP contribution in [0.1, 0.15) is 17.7 Å². The highest BCUT2D eigenvalue weighted by molar-refractivity contribution is 5.27. The second-order valence-corrected chi connectivity index (χ2v) is 3.68. The number of halogens is 3. The number of nitrogens with two attached hydrogens (primary N) is 1. The molecule has 0 amide bonds. The molecule has 15 heavy (non-hydrogen) atoms. The van der Waals surface area contributed by atoms with E-state index in [-0.39, 0.29) is 18.8 Å². The van der Waals surface area contributed by atoms with Gasteiger partial charge in [-0.1, -0.05) is 0 Å². The van der Waals surface area contributed by atoms with Crippen LogP contribution in [0.4, 0.5) is 19.1 Å². The number of fused-ring (bicyclic) bond motifs is 1. The molecule has 82 valence electrons. The van der Waals surface area contributed by atoms with Gasteiger partial charge in [-0.2, -0.15) is 13.2 Å². The lowest BCUT2D eigenvalue weighted by atomic mass is 9.87. The minimum atomic E-state index is -4.13. The van der Waals surface area contributed by atoms with Crippen LogP contribution in [0.15, 0.2) is 6.20 Å². The normalized spacial score (nSPS) is 21.1. The Kier molecular flexibility index (Phi) is 2.28. The van der Waals surface area contributed by atoms with E-state index < -0.39 is 12.1 Å². The van der Waals surface area contributed by atoms with Crippen molar-refractivity contribution in [2.45, 2.75) is 25.4 Å². The number of alkyl halides is 3. The molecule has 0 saturated heterocycles. The number of aromatic nitrogens is 2. The molecule has 0 spiro atoms. The number of nitrogens with zero attached hydrogens (tertiary/aromatic N) is 2. The van der Waals surface area contributed by atoms with E-state index in [1.54, 1.807) is 0 Å². The fraction of sp³-hybridized carbons (Fsp3) is 0.556. The first kappa shape index (κ1) is 10.2. The van der Waals surface area contributed by atoms with Gasteiger partial charge in [0.05, 0.1) is 5.92 Å². The highest BCUT2D eigenvalue weighted by Gasteiger charge is 2.41. The van der Waals surface area contributed by atoms with E-state index in [0.717, 1.165) is 0 Å². The Morgan fingerprint density at radius 2 is 2.13 bits per heavy atom. The minimum absolute atomic E-state index is 0.0287.